The molecule has 7 nitrogen and oxygen atoms in total. The summed E-state index contributed by atoms with van der Waals surface area (Å²) in [6.45, 7) is 2.21. The van der Waals surface area contributed by atoms with Crippen molar-refractivity contribution in [1.82, 2.24) is 18.6 Å². The topological polar surface area (TPSA) is 75.0 Å². The molecule has 2 aromatic heterocycles. The summed E-state index contributed by atoms with van der Waals surface area (Å²) in [5.41, 5.74) is 0.569. The van der Waals surface area contributed by atoms with E-state index in [1.54, 1.807) is 12.3 Å². The van der Waals surface area contributed by atoms with Crippen LogP contribution in [0.15, 0.2) is 45.5 Å². The number of hydrogen-bond acceptors (Lipinski definition) is 6. The molecule has 0 saturated carbocycles. The van der Waals surface area contributed by atoms with E-state index in [1.165, 1.54) is 38.2 Å². The lowest BCUT2D eigenvalue weighted by molar-refractivity contribution is 0.180. The van der Waals surface area contributed by atoms with Gasteiger partial charge in [0.05, 0.1) is 10.7 Å². The van der Waals surface area contributed by atoms with Crippen LogP contribution in [0.3, 0.4) is 0 Å². The molecule has 1 aliphatic rings. The molecule has 148 valence electrons. The molecule has 28 heavy (non-hydrogen) atoms. The maximum absolute atomic E-state index is 12.9. The first kappa shape index (κ1) is 19.8. The molecule has 0 bridgehead atoms. The Labute approximate surface area is 175 Å². The van der Waals surface area contributed by atoms with Crippen LogP contribution in [0, 0.1) is 0 Å². The Morgan fingerprint density at radius 2 is 1.86 bits per heavy atom. The first-order valence-corrected chi connectivity index (χ1v) is 11.6. The lowest BCUT2D eigenvalue weighted by Crippen LogP contribution is -2.48. The average molecular weight is 459 g/mol. The van der Waals surface area contributed by atoms with Gasteiger partial charge in [0.1, 0.15) is 4.90 Å². The maximum Gasteiger partial charge on any atom is 0.258 e. The molecule has 1 aromatic carbocycles. The number of nitrogens with zero attached hydrogens (tertiary/aromatic N) is 4. The summed E-state index contributed by atoms with van der Waals surface area (Å²) < 4.78 is 28.7. The fraction of sp³-hybridized carbons (Fsp3) is 0.294. The highest BCUT2D eigenvalue weighted by molar-refractivity contribution is 7.89. The number of fused-ring (bicyclic) bond motifs is 1. The van der Waals surface area contributed by atoms with Gasteiger partial charge in [-0.1, -0.05) is 23.2 Å². The Morgan fingerprint density at radius 1 is 1.11 bits per heavy atom. The van der Waals surface area contributed by atoms with Crippen LogP contribution >= 0.6 is 34.5 Å². The van der Waals surface area contributed by atoms with E-state index in [0.717, 1.165) is 0 Å². The van der Waals surface area contributed by atoms with Gasteiger partial charge in [0.15, 0.2) is 4.96 Å². The first-order chi connectivity index (χ1) is 13.3. The maximum atomic E-state index is 12.9. The summed E-state index contributed by atoms with van der Waals surface area (Å²) in [4.78, 5) is 19.4. The van der Waals surface area contributed by atoms with Gasteiger partial charge in [-0.25, -0.2) is 13.4 Å². The summed E-state index contributed by atoms with van der Waals surface area (Å²) >= 11 is 13.4. The third kappa shape index (κ3) is 3.83. The van der Waals surface area contributed by atoms with Gasteiger partial charge >= 0.3 is 0 Å². The second kappa shape index (κ2) is 7.74. The molecule has 3 heterocycles. The van der Waals surface area contributed by atoms with E-state index in [0.29, 0.717) is 48.4 Å². The molecule has 0 atom stereocenters. The van der Waals surface area contributed by atoms with Crippen molar-refractivity contribution >= 4 is 49.5 Å². The average Bonchev–Trinajstić information content (AvgIpc) is 3.13. The summed E-state index contributed by atoms with van der Waals surface area (Å²) in [6, 6.07) is 5.94. The fourth-order valence-corrected chi connectivity index (χ4v) is 6.04. The van der Waals surface area contributed by atoms with Crippen LogP contribution in [0.2, 0.25) is 10.0 Å². The van der Waals surface area contributed by atoms with Gasteiger partial charge in [0.25, 0.3) is 5.56 Å². The van der Waals surface area contributed by atoms with Crippen LogP contribution in [-0.4, -0.2) is 53.2 Å². The third-order valence-corrected chi connectivity index (χ3v) is 7.96. The Hall–Kier alpha value is -1.49. The van der Waals surface area contributed by atoms with Crippen molar-refractivity contribution in [2.75, 3.05) is 26.2 Å². The Morgan fingerprint density at radius 3 is 2.61 bits per heavy atom. The van der Waals surface area contributed by atoms with E-state index in [4.69, 9.17) is 23.2 Å². The molecule has 1 aliphatic heterocycles. The molecule has 0 radical (unpaired) electrons. The van der Waals surface area contributed by atoms with Crippen molar-refractivity contribution < 1.29 is 8.42 Å². The molecule has 4 rings (SSSR count). The quantitative estimate of drug-likeness (QED) is 0.600. The minimum absolute atomic E-state index is 0.0213. The van der Waals surface area contributed by atoms with Crippen molar-refractivity contribution in [1.29, 1.82) is 0 Å². The lowest BCUT2D eigenvalue weighted by Gasteiger charge is -2.33. The number of hydrogen-bond donors (Lipinski definition) is 0. The zero-order valence-electron chi connectivity index (χ0n) is 14.6. The predicted molar refractivity (Wildman–Crippen MR) is 110 cm³/mol. The number of piperazine rings is 1. The van der Waals surface area contributed by atoms with Crippen molar-refractivity contribution in [3.05, 3.63) is 61.9 Å². The highest BCUT2D eigenvalue weighted by atomic mass is 35.5. The van der Waals surface area contributed by atoms with Crippen LogP contribution < -0.4 is 5.56 Å². The van der Waals surface area contributed by atoms with Crippen LogP contribution in [-0.2, 0) is 16.6 Å². The number of sulfonamides is 1. The van der Waals surface area contributed by atoms with E-state index >= 15 is 0 Å². The molecule has 0 N–H and O–H groups in total. The first-order valence-electron chi connectivity index (χ1n) is 8.48. The fourth-order valence-electron chi connectivity index (χ4n) is 3.14. The van der Waals surface area contributed by atoms with Gasteiger partial charge in [-0.15, -0.1) is 11.3 Å². The molecule has 1 fully saturated rings. The molecule has 3 aromatic rings. The molecular formula is C17H16Cl2N4O3S2. The van der Waals surface area contributed by atoms with E-state index in [2.05, 4.69) is 9.88 Å². The number of benzene rings is 1. The number of rotatable bonds is 4. The smallest absolute Gasteiger partial charge is 0.258 e. The van der Waals surface area contributed by atoms with Gasteiger partial charge in [0, 0.05) is 55.4 Å². The Balaban J connectivity index is 1.46. The molecular weight excluding hydrogens is 443 g/mol. The SMILES string of the molecule is O=c1cc(CN2CCN(S(=O)(=O)c3cc(Cl)ccc3Cl)CC2)nc2sccn12. The summed E-state index contributed by atoms with van der Waals surface area (Å²) in [7, 11) is -3.72. The van der Waals surface area contributed by atoms with Gasteiger partial charge in [-0.3, -0.25) is 14.1 Å². The highest BCUT2D eigenvalue weighted by Gasteiger charge is 2.30. The Kier molecular flexibility index (Phi) is 5.47. The number of aromatic nitrogens is 2. The largest absolute Gasteiger partial charge is 0.295 e. The monoisotopic (exact) mass is 458 g/mol. The number of halogens is 2. The van der Waals surface area contributed by atoms with Crippen molar-refractivity contribution in [2.45, 2.75) is 11.4 Å². The number of thiazole rings is 1. The second-order valence-corrected chi connectivity index (χ2v) is 10.0. The summed E-state index contributed by atoms with van der Waals surface area (Å²) in [5, 5.41) is 2.29. The van der Waals surface area contributed by atoms with Crippen molar-refractivity contribution in [3.63, 3.8) is 0 Å². The predicted octanol–water partition coefficient (Wildman–Crippen LogP) is 2.57. The van der Waals surface area contributed by atoms with Gasteiger partial charge in [-0.2, -0.15) is 4.31 Å². The van der Waals surface area contributed by atoms with Crippen LogP contribution in [0.25, 0.3) is 4.96 Å². The van der Waals surface area contributed by atoms with Crippen LogP contribution in [0.5, 0.6) is 0 Å². The zero-order chi connectivity index (χ0) is 19.9. The van der Waals surface area contributed by atoms with E-state index in [-0.39, 0.29) is 15.5 Å². The molecule has 0 amide bonds. The minimum atomic E-state index is -3.72. The molecule has 0 unspecified atom stereocenters. The zero-order valence-corrected chi connectivity index (χ0v) is 17.7. The van der Waals surface area contributed by atoms with E-state index < -0.39 is 10.0 Å². The third-order valence-electron chi connectivity index (χ3n) is 4.58. The van der Waals surface area contributed by atoms with Gasteiger partial charge < -0.3 is 0 Å². The normalized spacial score (nSPS) is 16.6. The van der Waals surface area contributed by atoms with Crippen LogP contribution in [0.1, 0.15) is 5.69 Å². The highest BCUT2D eigenvalue weighted by Crippen LogP contribution is 2.28. The standard InChI is InChI=1S/C17H16Cl2N4O3S2/c18-12-1-2-14(19)15(9-12)28(25,26)22-5-3-21(4-6-22)11-13-10-16(24)23-7-8-27-17(23)20-13/h1-2,7-10H,3-6,11H2. The molecule has 0 aliphatic carbocycles. The van der Waals surface area contributed by atoms with Gasteiger partial charge in [0.2, 0.25) is 10.0 Å². The Bertz CT molecular complexity index is 1180. The van der Waals surface area contributed by atoms with Crippen molar-refractivity contribution in [2.24, 2.45) is 0 Å². The summed E-state index contributed by atoms with van der Waals surface area (Å²) in [6.07, 6.45) is 1.70. The molecule has 0 spiro atoms. The van der Waals surface area contributed by atoms with E-state index in [9.17, 15) is 13.2 Å². The summed E-state index contributed by atoms with van der Waals surface area (Å²) in [5.74, 6) is 0. The lowest BCUT2D eigenvalue weighted by atomic mass is 10.3. The van der Waals surface area contributed by atoms with Crippen LogP contribution in [0.4, 0.5) is 0 Å². The van der Waals surface area contributed by atoms with Gasteiger partial charge in [-0.05, 0) is 18.2 Å². The molecule has 11 heteroatoms. The van der Waals surface area contributed by atoms with E-state index in [1.807, 2.05) is 5.38 Å². The molecule has 1 saturated heterocycles. The minimum Gasteiger partial charge on any atom is -0.295 e. The second-order valence-electron chi connectivity index (χ2n) is 6.40. The van der Waals surface area contributed by atoms with Crippen molar-refractivity contribution in [3.8, 4) is 0 Å².